The van der Waals surface area contributed by atoms with Crippen molar-refractivity contribution in [1.82, 2.24) is 4.72 Å². The maximum absolute atomic E-state index is 12.3. The lowest BCUT2D eigenvalue weighted by molar-refractivity contribution is 0.0988. The van der Waals surface area contributed by atoms with Crippen LogP contribution < -0.4 is 10.5 Å². The van der Waals surface area contributed by atoms with E-state index in [1.165, 1.54) is 0 Å². The van der Waals surface area contributed by atoms with Crippen LogP contribution in [-0.4, -0.2) is 37.9 Å². The summed E-state index contributed by atoms with van der Waals surface area (Å²) in [5.41, 5.74) is 7.76. The summed E-state index contributed by atoms with van der Waals surface area (Å²) in [6.45, 7) is 3.01. The zero-order valence-electron chi connectivity index (χ0n) is 11.8. The Morgan fingerprint density at radius 2 is 1.95 bits per heavy atom. The molecule has 20 heavy (non-hydrogen) atoms. The Kier molecular flexibility index (Phi) is 5.94. The van der Waals surface area contributed by atoms with Gasteiger partial charge in [-0.2, -0.15) is 0 Å². The van der Waals surface area contributed by atoms with E-state index in [2.05, 4.69) is 4.72 Å². The Morgan fingerprint density at radius 3 is 2.45 bits per heavy atom. The van der Waals surface area contributed by atoms with E-state index in [4.69, 9.17) is 10.8 Å². The molecule has 0 saturated carbocycles. The molecule has 0 bridgehead atoms. The Morgan fingerprint density at radius 1 is 1.30 bits per heavy atom. The SMILES string of the molecule is CCc1cc(N)c(CC)c(S(=O)(=O)NCC(O)CO)c1. The summed E-state index contributed by atoms with van der Waals surface area (Å²) in [5.74, 6) is 0. The monoisotopic (exact) mass is 302 g/mol. The first-order valence-electron chi connectivity index (χ1n) is 6.55. The molecule has 0 saturated heterocycles. The van der Waals surface area contributed by atoms with Gasteiger partial charge in [0.25, 0.3) is 0 Å². The van der Waals surface area contributed by atoms with Crippen LogP contribution in [0.1, 0.15) is 25.0 Å². The van der Waals surface area contributed by atoms with Crippen LogP contribution in [0.25, 0.3) is 0 Å². The molecule has 1 aromatic rings. The molecule has 6 nitrogen and oxygen atoms in total. The quantitative estimate of drug-likeness (QED) is 0.531. The van der Waals surface area contributed by atoms with Crippen LogP contribution in [0.2, 0.25) is 0 Å². The third-order valence-electron chi connectivity index (χ3n) is 3.07. The van der Waals surface area contributed by atoms with Crippen molar-refractivity contribution in [3.63, 3.8) is 0 Å². The molecule has 0 aliphatic rings. The van der Waals surface area contributed by atoms with Crippen LogP contribution in [0, 0.1) is 0 Å². The molecule has 1 aromatic carbocycles. The lowest BCUT2D eigenvalue weighted by Crippen LogP contribution is -2.34. The molecular weight excluding hydrogens is 280 g/mol. The van der Waals surface area contributed by atoms with Crippen LogP contribution in [0.15, 0.2) is 17.0 Å². The minimum Gasteiger partial charge on any atom is -0.398 e. The largest absolute Gasteiger partial charge is 0.398 e. The average Bonchev–Trinajstić information content (AvgIpc) is 2.43. The highest BCUT2D eigenvalue weighted by molar-refractivity contribution is 7.89. The molecule has 1 atom stereocenters. The van der Waals surface area contributed by atoms with Gasteiger partial charge >= 0.3 is 0 Å². The summed E-state index contributed by atoms with van der Waals surface area (Å²) in [4.78, 5) is 0.141. The minimum atomic E-state index is -3.76. The van der Waals surface area contributed by atoms with Crippen LogP contribution in [0.4, 0.5) is 5.69 Å². The van der Waals surface area contributed by atoms with Crippen molar-refractivity contribution < 1.29 is 18.6 Å². The fraction of sp³-hybridized carbons (Fsp3) is 0.538. The molecule has 0 aromatic heterocycles. The maximum Gasteiger partial charge on any atom is 0.241 e. The fourth-order valence-corrected chi connectivity index (χ4v) is 3.36. The summed E-state index contributed by atoms with van der Waals surface area (Å²) in [5, 5.41) is 18.0. The lowest BCUT2D eigenvalue weighted by Gasteiger charge is -2.15. The number of nitrogens with two attached hydrogens (primary N) is 1. The second-order valence-electron chi connectivity index (χ2n) is 4.56. The van der Waals surface area contributed by atoms with Gasteiger partial charge in [-0.1, -0.05) is 13.8 Å². The van der Waals surface area contributed by atoms with Crippen molar-refractivity contribution in [2.24, 2.45) is 0 Å². The van der Waals surface area contributed by atoms with Crippen LogP contribution >= 0.6 is 0 Å². The van der Waals surface area contributed by atoms with Gasteiger partial charge in [0.1, 0.15) is 0 Å². The Balaban J connectivity index is 3.19. The zero-order valence-corrected chi connectivity index (χ0v) is 12.6. The number of hydrogen-bond donors (Lipinski definition) is 4. The van der Waals surface area contributed by atoms with E-state index in [0.29, 0.717) is 24.1 Å². The van der Waals surface area contributed by atoms with Crippen LogP contribution in [0.3, 0.4) is 0 Å². The van der Waals surface area contributed by atoms with Crippen molar-refractivity contribution in [3.8, 4) is 0 Å². The molecule has 5 N–H and O–H groups in total. The number of benzene rings is 1. The first-order chi connectivity index (χ1) is 9.35. The molecule has 114 valence electrons. The summed E-state index contributed by atoms with van der Waals surface area (Å²) >= 11 is 0. The Hall–Kier alpha value is -1.15. The third-order valence-corrected chi connectivity index (χ3v) is 4.56. The summed E-state index contributed by atoms with van der Waals surface area (Å²) < 4.78 is 26.9. The number of aliphatic hydroxyl groups is 2. The van der Waals surface area contributed by atoms with Gasteiger partial charge in [-0.25, -0.2) is 13.1 Å². The van der Waals surface area contributed by atoms with Gasteiger partial charge in [0, 0.05) is 12.2 Å². The summed E-state index contributed by atoms with van der Waals surface area (Å²) in [6, 6.07) is 3.38. The van der Waals surface area contributed by atoms with Crippen molar-refractivity contribution in [2.45, 2.75) is 37.7 Å². The molecule has 0 aliphatic carbocycles. The van der Waals surface area contributed by atoms with Gasteiger partial charge in [0.2, 0.25) is 10.0 Å². The highest BCUT2D eigenvalue weighted by Crippen LogP contribution is 2.25. The molecule has 1 rings (SSSR count). The first kappa shape index (κ1) is 16.9. The Labute approximate surface area is 119 Å². The minimum absolute atomic E-state index is 0.141. The van der Waals surface area contributed by atoms with E-state index in [1.807, 2.05) is 13.8 Å². The Bertz CT molecular complexity index is 558. The number of anilines is 1. The zero-order chi connectivity index (χ0) is 15.3. The van der Waals surface area contributed by atoms with Gasteiger partial charge in [0.05, 0.1) is 17.6 Å². The average molecular weight is 302 g/mol. The van der Waals surface area contributed by atoms with Crippen molar-refractivity contribution in [3.05, 3.63) is 23.3 Å². The molecule has 0 amide bonds. The molecule has 0 fully saturated rings. The predicted molar refractivity (Wildman–Crippen MR) is 77.9 cm³/mol. The highest BCUT2D eigenvalue weighted by atomic mass is 32.2. The second kappa shape index (κ2) is 7.03. The van der Waals surface area contributed by atoms with Gasteiger partial charge in [-0.3, -0.25) is 0 Å². The molecule has 0 heterocycles. The topological polar surface area (TPSA) is 113 Å². The standard InChI is InChI=1S/C13H22N2O4S/c1-3-9-5-12(14)11(4-2)13(6-9)20(18,19)15-7-10(17)8-16/h5-6,10,15-17H,3-4,7-8,14H2,1-2H3. The highest BCUT2D eigenvalue weighted by Gasteiger charge is 2.21. The number of hydrogen-bond acceptors (Lipinski definition) is 5. The van der Waals surface area contributed by atoms with E-state index in [1.54, 1.807) is 12.1 Å². The number of rotatable bonds is 7. The smallest absolute Gasteiger partial charge is 0.241 e. The number of nitrogen functional groups attached to an aromatic ring is 1. The predicted octanol–water partition coefficient (Wildman–Crippen LogP) is 0.0251. The molecule has 7 heteroatoms. The van der Waals surface area contributed by atoms with E-state index >= 15 is 0 Å². The maximum atomic E-state index is 12.3. The van der Waals surface area contributed by atoms with Crippen LogP contribution in [0.5, 0.6) is 0 Å². The van der Waals surface area contributed by atoms with Crippen molar-refractivity contribution >= 4 is 15.7 Å². The first-order valence-corrected chi connectivity index (χ1v) is 8.03. The summed E-state index contributed by atoms with van der Waals surface area (Å²) in [7, 11) is -3.76. The second-order valence-corrected chi connectivity index (χ2v) is 6.29. The number of aryl methyl sites for hydroxylation is 1. The number of sulfonamides is 1. The van der Waals surface area contributed by atoms with Crippen molar-refractivity contribution in [2.75, 3.05) is 18.9 Å². The van der Waals surface area contributed by atoms with Gasteiger partial charge in [-0.05, 0) is 36.1 Å². The van der Waals surface area contributed by atoms with Crippen molar-refractivity contribution in [1.29, 1.82) is 0 Å². The fourth-order valence-electron chi connectivity index (χ4n) is 1.90. The molecule has 0 radical (unpaired) electrons. The van der Waals surface area contributed by atoms with E-state index in [-0.39, 0.29) is 11.4 Å². The number of nitrogens with one attached hydrogen (secondary N) is 1. The van der Waals surface area contributed by atoms with Gasteiger partial charge in [0.15, 0.2) is 0 Å². The molecule has 1 unspecified atom stereocenters. The lowest BCUT2D eigenvalue weighted by atomic mass is 10.1. The van der Waals surface area contributed by atoms with Gasteiger partial charge in [-0.15, -0.1) is 0 Å². The molecular formula is C13H22N2O4S. The third kappa shape index (κ3) is 3.92. The number of aliphatic hydroxyl groups excluding tert-OH is 2. The normalized spacial score (nSPS) is 13.4. The van der Waals surface area contributed by atoms with Gasteiger partial charge < -0.3 is 15.9 Å². The van der Waals surface area contributed by atoms with E-state index < -0.39 is 22.7 Å². The van der Waals surface area contributed by atoms with E-state index in [9.17, 15) is 13.5 Å². The summed E-state index contributed by atoms with van der Waals surface area (Å²) in [6.07, 6.45) is 0.0477. The van der Waals surface area contributed by atoms with E-state index in [0.717, 1.165) is 5.56 Å². The van der Waals surface area contributed by atoms with Crippen LogP contribution in [-0.2, 0) is 22.9 Å². The molecule has 0 spiro atoms. The molecule has 0 aliphatic heterocycles.